The van der Waals surface area contributed by atoms with Crippen molar-refractivity contribution in [2.75, 3.05) is 47.5 Å². The molecule has 1 aliphatic rings. The van der Waals surface area contributed by atoms with Crippen LogP contribution in [0.15, 0.2) is 12.1 Å². The lowest BCUT2D eigenvalue weighted by Gasteiger charge is -2.33. The molecule has 1 aromatic rings. The van der Waals surface area contributed by atoms with Crippen LogP contribution in [0.2, 0.25) is 0 Å². The van der Waals surface area contributed by atoms with Gasteiger partial charge in [0.2, 0.25) is 0 Å². The molecular formula is C15H24N2O3. The summed E-state index contributed by atoms with van der Waals surface area (Å²) in [4.78, 5) is 2.44. The molecule has 1 fully saturated rings. The van der Waals surface area contributed by atoms with Gasteiger partial charge in [0.25, 0.3) is 0 Å². The summed E-state index contributed by atoms with van der Waals surface area (Å²) in [7, 11) is 4.98. The number of ether oxygens (including phenoxy) is 3. The third kappa shape index (κ3) is 2.99. The van der Waals surface area contributed by atoms with E-state index >= 15 is 0 Å². The van der Waals surface area contributed by atoms with Gasteiger partial charge in [0.1, 0.15) is 5.75 Å². The smallest absolute Gasteiger partial charge is 0.164 e. The molecule has 20 heavy (non-hydrogen) atoms. The second-order valence-corrected chi connectivity index (χ2v) is 4.91. The quantitative estimate of drug-likeness (QED) is 0.889. The van der Waals surface area contributed by atoms with Crippen molar-refractivity contribution >= 4 is 0 Å². The molecule has 1 atom stereocenters. The Kier molecular flexibility index (Phi) is 5.09. The molecule has 0 amide bonds. The molecule has 0 radical (unpaired) electrons. The normalized spacial score (nSPS) is 17.6. The summed E-state index contributed by atoms with van der Waals surface area (Å²) in [6.45, 7) is 6.34. The van der Waals surface area contributed by atoms with Gasteiger partial charge in [-0.3, -0.25) is 4.90 Å². The Bertz CT molecular complexity index is 445. The second kappa shape index (κ2) is 6.81. The molecule has 1 heterocycles. The van der Waals surface area contributed by atoms with Crippen LogP contribution in [0.1, 0.15) is 18.5 Å². The molecule has 1 N–H and O–H groups in total. The molecule has 0 unspecified atom stereocenters. The first-order valence-corrected chi connectivity index (χ1v) is 6.96. The van der Waals surface area contributed by atoms with E-state index in [4.69, 9.17) is 14.2 Å². The van der Waals surface area contributed by atoms with Crippen LogP contribution in [0.3, 0.4) is 0 Å². The highest BCUT2D eigenvalue weighted by molar-refractivity contribution is 5.51. The van der Waals surface area contributed by atoms with Crippen molar-refractivity contribution in [1.82, 2.24) is 10.2 Å². The Labute approximate surface area is 120 Å². The van der Waals surface area contributed by atoms with Crippen LogP contribution in [-0.2, 0) is 0 Å². The van der Waals surface area contributed by atoms with Crippen molar-refractivity contribution in [3.63, 3.8) is 0 Å². The van der Waals surface area contributed by atoms with Crippen LogP contribution < -0.4 is 19.5 Å². The summed E-state index contributed by atoms with van der Waals surface area (Å²) in [6.07, 6.45) is 0. The minimum absolute atomic E-state index is 0.284. The summed E-state index contributed by atoms with van der Waals surface area (Å²) in [6, 6.07) is 4.20. The SMILES string of the molecule is COc1cc(OC)c([C@@H](C)N2CCNCC2)cc1OC. The van der Waals surface area contributed by atoms with Gasteiger partial charge in [-0.2, -0.15) is 0 Å². The number of nitrogens with zero attached hydrogens (tertiary/aromatic N) is 1. The van der Waals surface area contributed by atoms with E-state index in [1.807, 2.05) is 12.1 Å². The molecule has 1 aliphatic heterocycles. The molecule has 1 saturated heterocycles. The molecule has 0 bridgehead atoms. The van der Waals surface area contributed by atoms with Crippen LogP contribution in [0.5, 0.6) is 17.2 Å². The van der Waals surface area contributed by atoms with Gasteiger partial charge in [-0.25, -0.2) is 0 Å². The van der Waals surface area contributed by atoms with Gasteiger partial charge < -0.3 is 19.5 Å². The highest BCUT2D eigenvalue weighted by atomic mass is 16.5. The monoisotopic (exact) mass is 280 g/mol. The Morgan fingerprint density at radius 1 is 0.950 bits per heavy atom. The van der Waals surface area contributed by atoms with Gasteiger partial charge in [-0.15, -0.1) is 0 Å². The van der Waals surface area contributed by atoms with Gasteiger partial charge in [0.05, 0.1) is 21.3 Å². The van der Waals surface area contributed by atoms with E-state index in [1.165, 1.54) is 0 Å². The molecule has 5 nitrogen and oxygen atoms in total. The van der Waals surface area contributed by atoms with Crippen molar-refractivity contribution in [2.45, 2.75) is 13.0 Å². The molecule has 0 spiro atoms. The minimum Gasteiger partial charge on any atom is -0.496 e. The lowest BCUT2D eigenvalue weighted by molar-refractivity contribution is 0.182. The molecule has 5 heteroatoms. The standard InChI is InChI=1S/C15H24N2O3/c1-11(17-7-5-16-6-8-17)12-9-14(19-3)15(20-4)10-13(12)18-2/h9-11,16H,5-8H2,1-4H3/t11-/m1/s1. The fourth-order valence-electron chi connectivity index (χ4n) is 2.65. The summed E-state index contributed by atoms with van der Waals surface area (Å²) in [5.74, 6) is 2.28. The van der Waals surface area contributed by atoms with E-state index in [-0.39, 0.29) is 6.04 Å². The first-order chi connectivity index (χ1) is 9.71. The molecular weight excluding hydrogens is 256 g/mol. The fourth-order valence-corrected chi connectivity index (χ4v) is 2.65. The Balaban J connectivity index is 2.32. The Hall–Kier alpha value is -1.46. The van der Waals surface area contributed by atoms with Gasteiger partial charge in [-0.1, -0.05) is 0 Å². The largest absolute Gasteiger partial charge is 0.496 e. The number of hydrogen-bond donors (Lipinski definition) is 1. The number of hydrogen-bond acceptors (Lipinski definition) is 5. The van der Waals surface area contributed by atoms with Gasteiger partial charge in [0.15, 0.2) is 11.5 Å². The Morgan fingerprint density at radius 3 is 2.05 bits per heavy atom. The lowest BCUT2D eigenvalue weighted by Crippen LogP contribution is -2.44. The maximum atomic E-state index is 5.52. The average Bonchev–Trinajstić information content (AvgIpc) is 2.53. The number of methoxy groups -OCH3 is 3. The van der Waals surface area contributed by atoms with E-state index < -0.39 is 0 Å². The van der Waals surface area contributed by atoms with Crippen LogP contribution in [0.4, 0.5) is 0 Å². The summed E-state index contributed by atoms with van der Waals surface area (Å²) >= 11 is 0. The van der Waals surface area contributed by atoms with E-state index in [1.54, 1.807) is 21.3 Å². The van der Waals surface area contributed by atoms with Crippen LogP contribution in [0, 0.1) is 0 Å². The predicted molar refractivity (Wildman–Crippen MR) is 79.0 cm³/mol. The topological polar surface area (TPSA) is 43.0 Å². The zero-order valence-corrected chi connectivity index (χ0v) is 12.7. The van der Waals surface area contributed by atoms with Crippen molar-refractivity contribution in [1.29, 1.82) is 0 Å². The molecule has 112 valence electrons. The molecule has 1 aromatic carbocycles. The van der Waals surface area contributed by atoms with Crippen LogP contribution in [-0.4, -0.2) is 52.4 Å². The van der Waals surface area contributed by atoms with E-state index in [0.29, 0.717) is 5.75 Å². The number of rotatable bonds is 5. The molecule has 0 aromatic heterocycles. The lowest BCUT2D eigenvalue weighted by atomic mass is 10.0. The van der Waals surface area contributed by atoms with Crippen molar-refractivity contribution in [3.05, 3.63) is 17.7 Å². The number of piperazine rings is 1. The van der Waals surface area contributed by atoms with E-state index in [0.717, 1.165) is 43.2 Å². The van der Waals surface area contributed by atoms with E-state index in [9.17, 15) is 0 Å². The molecule has 2 rings (SSSR count). The summed E-state index contributed by atoms with van der Waals surface area (Å²) in [5.41, 5.74) is 1.13. The van der Waals surface area contributed by atoms with E-state index in [2.05, 4.69) is 17.1 Å². The maximum Gasteiger partial charge on any atom is 0.164 e. The average molecular weight is 280 g/mol. The van der Waals surface area contributed by atoms with Gasteiger partial charge in [-0.05, 0) is 13.0 Å². The van der Waals surface area contributed by atoms with Gasteiger partial charge in [0, 0.05) is 43.9 Å². The third-order valence-corrected chi connectivity index (χ3v) is 3.89. The zero-order valence-electron chi connectivity index (χ0n) is 12.7. The minimum atomic E-state index is 0.284. The Morgan fingerprint density at radius 2 is 1.50 bits per heavy atom. The van der Waals surface area contributed by atoms with Crippen molar-refractivity contribution in [3.8, 4) is 17.2 Å². The summed E-state index contributed by atoms with van der Waals surface area (Å²) < 4.78 is 16.3. The predicted octanol–water partition coefficient (Wildman–Crippen LogP) is 1.68. The molecule has 0 aliphatic carbocycles. The summed E-state index contributed by atoms with van der Waals surface area (Å²) in [5, 5.41) is 3.37. The van der Waals surface area contributed by atoms with Crippen molar-refractivity contribution in [2.24, 2.45) is 0 Å². The first-order valence-electron chi connectivity index (χ1n) is 6.96. The number of nitrogens with one attached hydrogen (secondary N) is 1. The van der Waals surface area contributed by atoms with Gasteiger partial charge >= 0.3 is 0 Å². The first kappa shape index (κ1) is 14.9. The highest BCUT2D eigenvalue weighted by Gasteiger charge is 2.23. The van der Waals surface area contributed by atoms with Crippen LogP contribution >= 0.6 is 0 Å². The highest BCUT2D eigenvalue weighted by Crippen LogP contribution is 2.39. The fraction of sp³-hybridized carbons (Fsp3) is 0.600. The van der Waals surface area contributed by atoms with Crippen molar-refractivity contribution < 1.29 is 14.2 Å². The second-order valence-electron chi connectivity index (χ2n) is 4.91. The molecule has 0 saturated carbocycles. The third-order valence-electron chi connectivity index (χ3n) is 3.89. The zero-order chi connectivity index (χ0) is 14.5. The number of benzene rings is 1. The maximum absolute atomic E-state index is 5.52. The van der Waals surface area contributed by atoms with Crippen LogP contribution in [0.25, 0.3) is 0 Å².